The Balaban J connectivity index is 1.48. The Kier molecular flexibility index (Phi) is 7.48. The van der Waals surface area contributed by atoms with E-state index in [0.717, 1.165) is 28.7 Å². The molecule has 0 bridgehead atoms. The summed E-state index contributed by atoms with van der Waals surface area (Å²) >= 11 is 0. The van der Waals surface area contributed by atoms with Gasteiger partial charge in [-0.3, -0.25) is 9.20 Å². The summed E-state index contributed by atoms with van der Waals surface area (Å²) in [7, 11) is 0.725. The highest BCUT2D eigenvalue weighted by atomic mass is 32.2. The van der Waals surface area contributed by atoms with Gasteiger partial charge in [-0.1, -0.05) is 30.3 Å². The van der Waals surface area contributed by atoms with E-state index in [9.17, 15) is 4.21 Å². The lowest BCUT2D eigenvalue weighted by Crippen LogP contribution is -2.38. The molecule has 6 heteroatoms. The summed E-state index contributed by atoms with van der Waals surface area (Å²) in [5.74, 6) is 2.89. The van der Waals surface area contributed by atoms with Gasteiger partial charge in [0.25, 0.3) is 0 Å². The number of hydrogen-bond donors (Lipinski definition) is 2. The minimum atomic E-state index is -1.01. The topological polar surface area (TPSA) is 62.7 Å². The van der Waals surface area contributed by atoms with Gasteiger partial charge in [0.1, 0.15) is 5.75 Å². The molecule has 2 aromatic rings. The lowest BCUT2D eigenvalue weighted by Gasteiger charge is -2.15. The van der Waals surface area contributed by atoms with Gasteiger partial charge >= 0.3 is 0 Å². The molecular formula is C22H29N3O2S. The molecule has 2 N–H and O–H groups in total. The van der Waals surface area contributed by atoms with E-state index >= 15 is 0 Å². The van der Waals surface area contributed by atoms with Gasteiger partial charge in [-0.25, -0.2) is 0 Å². The zero-order valence-electron chi connectivity index (χ0n) is 16.6. The Morgan fingerprint density at radius 2 is 1.96 bits per heavy atom. The largest absolute Gasteiger partial charge is 0.493 e. The van der Waals surface area contributed by atoms with E-state index in [4.69, 9.17) is 4.74 Å². The van der Waals surface area contributed by atoms with Gasteiger partial charge in [-0.15, -0.1) is 0 Å². The summed E-state index contributed by atoms with van der Waals surface area (Å²) < 4.78 is 18.3. The Labute approximate surface area is 170 Å². The van der Waals surface area contributed by atoms with Crippen LogP contribution in [0.2, 0.25) is 0 Å². The molecule has 28 heavy (non-hydrogen) atoms. The second-order valence-electron chi connectivity index (χ2n) is 7.08. The number of nitrogens with zero attached hydrogens (tertiary/aromatic N) is 1. The van der Waals surface area contributed by atoms with E-state index in [0.29, 0.717) is 24.8 Å². The molecule has 150 valence electrons. The van der Waals surface area contributed by atoms with Crippen LogP contribution in [-0.4, -0.2) is 36.1 Å². The Bertz CT molecular complexity index is 820. The van der Waals surface area contributed by atoms with Crippen LogP contribution in [0.15, 0.2) is 58.4 Å². The summed E-state index contributed by atoms with van der Waals surface area (Å²) in [6, 6.07) is 15.8. The smallest absolute Gasteiger partial charge is 0.191 e. The van der Waals surface area contributed by atoms with Gasteiger partial charge < -0.3 is 15.4 Å². The highest BCUT2D eigenvalue weighted by molar-refractivity contribution is 7.85. The zero-order valence-corrected chi connectivity index (χ0v) is 17.4. The number of aliphatic imine (C=N–C) groups is 1. The fourth-order valence-corrected chi connectivity index (χ4v) is 3.77. The van der Waals surface area contributed by atoms with Crippen LogP contribution in [0.25, 0.3) is 0 Å². The van der Waals surface area contributed by atoms with Crippen LogP contribution < -0.4 is 15.4 Å². The number of nitrogens with one attached hydrogen (secondary N) is 2. The third-order valence-corrected chi connectivity index (χ3v) is 6.02. The van der Waals surface area contributed by atoms with Crippen molar-refractivity contribution in [1.82, 2.24) is 10.6 Å². The van der Waals surface area contributed by atoms with Crippen molar-refractivity contribution in [3.05, 3.63) is 59.7 Å². The third-order valence-electron chi connectivity index (χ3n) is 4.65. The maximum Gasteiger partial charge on any atom is 0.191 e. The Morgan fingerprint density at radius 3 is 2.68 bits per heavy atom. The SMILES string of the molecule is CN=C(NCCS(=O)c1ccccc1)NCc1ccc(C)cc1OCC1CC1. The number of benzene rings is 2. The van der Waals surface area contributed by atoms with Crippen LogP contribution in [0.1, 0.15) is 24.0 Å². The molecule has 0 amide bonds. The van der Waals surface area contributed by atoms with Gasteiger partial charge in [0.15, 0.2) is 5.96 Å². The summed E-state index contributed by atoms with van der Waals surface area (Å²) in [4.78, 5) is 5.11. The fraction of sp³-hybridized carbons (Fsp3) is 0.409. The predicted molar refractivity (Wildman–Crippen MR) is 115 cm³/mol. The molecule has 0 aliphatic heterocycles. The maximum absolute atomic E-state index is 12.3. The quantitative estimate of drug-likeness (QED) is 0.502. The first-order valence-electron chi connectivity index (χ1n) is 9.76. The molecule has 1 aliphatic rings. The van der Waals surface area contributed by atoms with Crippen LogP contribution in [0.4, 0.5) is 0 Å². The van der Waals surface area contributed by atoms with Gasteiger partial charge in [-0.05, 0) is 49.4 Å². The molecule has 1 fully saturated rings. The maximum atomic E-state index is 12.3. The number of hydrogen-bond acceptors (Lipinski definition) is 3. The molecule has 0 saturated heterocycles. The highest BCUT2D eigenvalue weighted by Gasteiger charge is 2.22. The average Bonchev–Trinajstić information content (AvgIpc) is 3.55. The lowest BCUT2D eigenvalue weighted by molar-refractivity contribution is 0.296. The molecule has 3 rings (SSSR count). The normalized spacial score (nSPS) is 15.1. The van der Waals surface area contributed by atoms with E-state index in [1.165, 1.54) is 18.4 Å². The molecule has 0 radical (unpaired) electrons. The molecule has 1 unspecified atom stereocenters. The molecule has 2 aromatic carbocycles. The first-order chi connectivity index (χ1) is 13.7. The minimum absolute atomic E-state index is 0.533. The standard InChI is InChI=1S/C22H29N3O2S/c1-17-8-11-19(21(14-17)27-16-18-9-10-18)15-25-22(23-2)24-12-13-28(26)20-6-4-3-5-7-20/h3-8,11,14,18H,9-10,12-13,15-16H2,1-2H3,(H2,23,24,25). The van der Waals surface area contributed by atoms with Crippen LogP contribution >= 0.6 is 0 Å². The van der Waals surface area contributed by atoms with Gasteiger partial charge in [-0.2, -0.15) is 0 Å². The molecule has 5 nitrogen and oxygen atoms in total. The predicted octanol–water partition coefficient (Wildman–Crippen LogP) is 3.26. The molecule has 0 spiro atoms. The van der Waals surface area contributed by atoms with Gasteiger partial charge in [0.2, 0.25) is 0 Å². The van der Waals surface area contributed by atoms with Crippen molar-refractivity contribution in [2.75, 3.05) is 26.0 Å². The van der Waals surface area contributed by atoms with Crippen molar-refractivity contribution in [3.63, 3.8) is 0 Å². The van der Waals surface area contributed by atoms with Crippen molar-refractivity contribution >= 4 is 16.8 Å². The van der Waals surface area contributed by atoms with Crippen LogP contribution in [0.3, 0.4) is 0 Å². The van der Waals surface area contributed by atoms with Gasteiger partial charge in [0, 0.05) is 36.3 Å². The molecule has 1 saturated carbocycles. The number of aryl methyl sites for hydroxylation is 1. The van der Waals surface area contributed by atoms with Crippen molar-refractivity contribution in [1.29, 1.82) is 0 Å². The number of guanidine groups is 1. The molecule has 1 aliphatic carbocycles. The van der Waals surface area contributed by atoms with Crippen molar-refractivity contribution in [2.24, 2.45) is 10.9 Å². The van der Waals surface area contributed by atoms with E-state index in [2.05, 4.69) is 40.7 Å². The Morgan fingerprint density at radius 1 is 1.18 bits per heavy atom. The fourth-order valence-electron chi connectivity index (χ4n) is 2.79. The molecule has 1 atom stereocenters. The second-order valence-corrected chi connectivity index (χ2v) is 8.65. The molecule has 0 heterocycles. The van der Waals surface area contributed by atoms with E-state index in [1.54, 1.807) is 7.05 Å². The van der Waals surface area contributed by atoms with Crippen LogP contribution in [-0.2, 0) is 17.3 Å². The minimum Gasteiger partial charge on any atom is -0.493 e. The number of ether oxygens (including phenoxy) is 1. The van der Waals surface area contributed by atoms with Crippen molar-refractivity contribution in [3.8, 4) is 5.75 Å². The van der Waals surface area contributed by atoms with E-state index in [1.807, 2.05) is 30.3 Å². The van der Waals surface area contributed by atoms with Crippen molar-refractivity contribution in [2.45, 2.75) is 31.2 Å². The Hall–Kier alpha value is -2.34. The molecule has 0 aromatic heterocycles. The van der Waals surface area contributed by atoms with Crippen molar-refractivity contribution < 1.29 is 8.95 Å². The highest BCUT2D eigenvalue weighted by Crippen LogP contribution is 2.30. The average molecular weight is 400 g/mol. The first kappa shape index (κ1) is 20.4. The third kappa shape index (κ3) is 6.37. The van der Waals surface area contributed by atoms with E-state index < -0.39 is 10.8 Å². The van der Waals surface area contributed by atoms with Crippen LogP contribution in [0.5, 0.6) is 5.75 Å². The van der Waals surface area contributed by atoms with Crippen LogP contribution in [0, 0.1) is 12.8 Å². The summed E-state index contributed by atoms with van der Waals surface area (Å²) in [6.45, 7) is 4.09. The second kappa shape index (κ2) is 10.3. The first-order valence-corrected chi connectivity index (χ1v) is 11.1. The van der Waals surface area contributed by atoms with E-state index in [-0.39, 0.29) is 0 Å². The monoisotopic (exact) mass is 399 g/mol. The lowest BCUT2D eigenvalue weighted by atomic mass is 10.1. The number of rotatable bonds is 9. The molecular weight excluding hydrogens is 370 g/mol. The summed E-state index contributed by atoms with van der Waals surface area (Å²) in [6.07, 6.45) is 2.56. The van der Waals surface area contributed by atoms with Gasteiger partial charge in [0.05, 0.1) is 17.4 Å². The zero-order chi connectivity index (χ0) is 19.8. The summed E-state index contributed by atoms with van der Waals surface area (Å²) in [5.41, 5.74) is 2.31. The summed E-state index contributed by atoms with van der Waals surface area (Å²) in [5, 5.41) is 6.56.